The lowest BCUT2D eigenvalue weighted by Crippen LogP contribution is -2.30. The van der Waals surface area contributed by atoms with E-state index in [4.69, 9.17) is 0 Å². The van der Waals surface area contributed by atoms with Crippen LogP contribution >= 0.6 is 15.9 Å². The third-order valence-corrected chi connectivity index (χ3v) is 2.02. The minimum Gasteiger partial charge on any atom is -0.339 e. The number of aromatic amines is 1. The van der Waals surface area contributed by atoms with Crippen LogP contribution in [0.5, 0.6) is 0 Å². The first-order chi connectivity index (χ1) is 6.65. The van der Waals surface area contributed by atoms with E-state index in [0.29, 0.717) is 11.9 Å². The van der Waals surface area contributed by atoms with Crippen molar-refractivity contribution in [3.63, 3.8) is 0 Å². The van der Waals surface area contributed by atoms with Crippen LogP contribution in [0.1, 0.15) is 10.5 Å². The zero-order chi connectivity index (χ0) is 10.6. The van der Waals surface area contributed by atoms with Crippen molar-refractivity contribution in [2.75, 3.05) is 18.9 Å². The maximum atomic E-state index is 11.6. The molecule has 6 heteroatoms. The van der Waals surface area contributed by atoms with Crippen molar-refractivity contribution in [3.05, 3.63) is 28.2 Å². The van der Waals surface area contributed by atoms with E-state index in [0.717, 1.165) is 0 Å². The van der Waals surface area contributed by atoms with E-state index < -0.39 is 0 Å². The fraction of sp³-hybridized carbons (Fsp3) is 0.375. The van der Waals surface area contributed by atoms with Gasteiger partial charge in [0.15, 0.2) is 0 Å². The number of aromatic nitrogens is 2. The molecule has 14 heavy (non-hydrogen) atoms. The van der Waals surface area contributed by atoms with Crippen molar-refractivity contribution in [1.82, 2.24) is 15.1 Å². The average Bonchev–Trinajstić information content (AvgIpc) is 2.18. The van der Waals surface area contributed by atoms with Crippen LogP contribution in [0.15, 0.2) is 16.9 Å². The number of nitrogens with zero attached hydrogens (tertiary/aromatic N) is 2. The van der Waals surface area contributed by atoms with Crippen LogP contribution in [0.4, 0.5) is 0 Å². The van der Waals surface area contributed by atoms with E-state index in [2.05, 4.69) is 26.1 Å². The Morgan fingerprint density at radius 1 is 1.64 bits per heavy atom. The lowest BCUT2D eigenvalue weighted by Gasteiger charge is -2.14. The second-order valence-electron chi connectivity index (χ2n) is 2.72. The number of H-pyrrole nitrogens is 1. The van der Waals surface area contributed by atoms with Crippen LogP contribution in [0, 0.1) is 0 Å². The van der Waals surface area contributed by atoms with Crippen LogP contribution in [-0.2, 0) is 0 Å². The highest BCUT2D eigenvalue weighted by atomic mass is 79.9. The average molecular weight is 260 g/mol. The molecule has 1 aromatic rings. The lowest BCUT2D eigenvalue weighted by atomic mass is 10.3. The summed E-state index contributed by atoms with van der Waals surface area (Å²) in [5.74, 6) is -0.208. The summed E-state index contributed by atoms with van der Waals surface area (Å²) in [6.07, 6.45) is 0. The van der Waals surface area contributed by atoms with E-state index in [1.165, 1.54) is 17.0 Å². The van der Waals surface area contributed by atoms with Gasteiger partial charge in [-0.25, -0.2) is 5.10 Å². The monoisotopic (exact) mass is 259 g/mol. The second kappa shape index (κ2) is 4.90. The molecule has 1 amide bonds. The number of carbonyl (C=O) groups excluding carboxylic acids is 1. The summed E-state index contributed by atoms with van der Waals surface area (Å²) in [4.78, 5) is 23.8. The minimum absolute atomic E-state index is 0.208. The molecule has 1 heterocycles. The number of halogens is 1. The zero-order valence-electron chi connectivity index (χ0n) is 7.66. The summed E-state index contributed by atoms with van der Waals surface area (Å²) < 4.78 is 0. The molecule has 0 radical (unpaired) electrons. The molecule has 0 aromatic carbocycles. The highest BCUT2D eigenvalue weighted by molar-refractivity contribution is 9.09. The SMILES string of the molecule is CN(CCBr)C(=O)c1ccc(=O)[nH]n1. The summed E-state index contributed by atoms with van der Waals surface area (Å²) in [5.41, 5.74) is -0.0715. The van der Waals surface area contributed by atoms with Gasteiger partial charge in [-0.1, -0.05) is 15.9 Å². The molecule has 0 unspecified atom stereocenters. The van der Waals surface area contributed by atoms with Crippen LogP contribution in [0.2, 0.25) is 0 Å². The molecule has 5 nitrogen and oxygen atoms in total. The highest BCUT2D eigenvalue weighted by Crippen LogP contribution is 1.97. The van der Waals surface area contributed by atoms with Gasteiger partial charge in [0.25, 0.3) is 11.5 Å². The Bertz CT molecular complexity index is 357. The van der Waals surface area contributed by atoms with E-state index in [1.807, 2.05) is 0 Å². The van der Waals surface area contributed by atoms with Crippen molar-refractivity contribution in [3.8, 4) is 0 Å². The number of carbonyl (C=O) groups is 1. The predicted octanol–water partition coefficient (Wildman–Crippen LogP) is 0.237. The Hall–Kier alpha value is -1.17. The molecular formula is C8H10BrN3O2. The molecule has 1 N–H and O–H groups in total. The van der Waals surface area contributed by atoms with Gasteiger partial charge >= 0.3 is 0 Å². The van der Waals surface area contributed by atoms with Crippen molar-refractivity contribution < 1.29 is 4.79 Å². The maximum absolute atomic E-state index is 11.6. The van der Waals surface area contributed by atoms with Gasteiger partial charge in [0.1, 0.15) is 5.69 Å². The molecule has 0 fully saturated rings. The molecule has 0 aliphatic carbocycles. The van der Waals surface area contributed by atoms with Crippen LogP contribution in [0.25, 0.3) is 0 Å². The molecule has 0 saturated carbocycles. The first kappa shape index (κ1) is 10.9. The molecule has 0 spiro atoms. The van der Waals surface area contributed by atoms with Crippen LogP contribution in [0.3, 0.4) is 0 Å². The zero-order valence-corrected chi connectivity index (χ0v) is 9.24. The number of rotatable bonds is 3. The van der Waals surface area contributed by atoms with Crippen molar-refractivity contribution in [2.24, 2.45) is 0 Å². The van der Waals surface area contributed by atoms with Crippen molar-refractivity contribution >= 4 is 21.8 Å². The van der Waals surface area contributed by atoms with Gasteiger partial charge in [-0.3, -0.25) is 9.59 Å². The van der Waals surface area contributed by atoms with Crippen LogP contribution in [-0.4, -0.2) is 39.9 Å². The van der Waals surface area contributed by atoms with Gasteiger partial charge in [0.2, 0.25) is 0 Å². The molecule has 1 aromatic heterocycles. The van der Waals surface area contributed by atoms with Crippen molar-refractivity contribution in [2.45, 2.75) is 0 Å². The van der Waals surface area contributed by atoms with E-state index in [-0.39, 0.29) is 17.2 Å². The molecule has 0 aliphatic rings. The summed E-state index contributed by atoms with van der Waals surface area (Å²) in [5, 5.41) is 6.56. The Kier molecular flexibility index (Phi) is 3.82. The van der Waals surface area contributed by atoms with E-state index >= 15 is 0 Å². The minimum atomic E-state index is -0.315. The van der Waals surface area contributed by atoms with E-state index in [9.17, 15) is 9.59 Å². The lowest BCUT2D eigenvalue weighted by molar-refractivity contribution is 0.0797. The fourth-order valence-electron chi connectivity index (χ4n) is 0.887. The molecule has 0 saturated heterocycles. The summed E-state index contributed by atoms with van der Waals surface area (Å²) in [7, 11) is 1.68. The summed E-state index contributed by atoms with van der Waals surface area (Å²) in [6.45, 7) is 0.597. The Morgan fingerprint density at radius 2 is 2.36 bits per heavy atom. The Balaban J connectivity index is 2.79. The molecular weight excluding hydrogens is 250 g/mol. The van der Waals surface area contributed by atoms with Gasteiger partial charge < -0.3 is 4.90 Å². The largest absolute Gasteiger partial charge is 0.339 e. The van der Waals surface area contributed by atoms with Gasteiger partial charge in [-0.2, -0.15) is 5.10 Å². The maximum Gasteiger partial charge on any atom is 0.274 e. The topological polar surface area (TPSA) is 66.1 Å². The summed E-state index contributed by atoms with van der Waals surface area (Å²) in [6, 6.07) is 2.69. The quantitative estimate of drug-likeness (QED) is 0.791. The van der Waals surface area contributed by atoms with Gasteiger partial charge in [0.05, 0.1) is 0 Å². The first-order valence-electron chi connectivity index (χ1n) is 4.02. The van der Waals surface area contributed by atoms with Crippen molar-refractivity contribution in [1.29, 1.82) is 0 Å². The molecule has 0 atom stereocenters. The smallest absolute Gasteiger partial charge is 0.274 e. The first-order valence-corrected chi connectivity index (χ1v) is 5.14. The number of amides is 1. The third kappa shape index (κ3) is 2.66. The second-order valence-corrected chi connectivity index (χ2v) is 3.52. The Labute approximate surface area is 89.2 Å². The highest BCUT2D eigenvalue weighted by Gasteiger charge is 2.11. The van der Waals surface area contributed by atoms with Crippen LogP contribution < -0.4 is 5.56 Å². The normalized spacial score (nSPS) is 9.86. The molecule has 0 bridgehead atoms. The van der Waals surface area contributed by atoms with Gasteiger partial charge in [-0.15, -0.1) is 0 Å². The van der Waals surface area contributed by atoms with Gasteiger partial charge in [-0.05, 0) is 6.07 Å². The predicted molar refractivity (Wildman–Crippen MR) is 55.6 cm³/mol. The third-order valence-electron chi connectivity index (χ3n) is 1.66. The summed E-state index contributed by atoms with van der Waals surface area (Å²) >= 11 is 3.23. The molecule has 76 valence electrons. The molecule has 0 aliphatic heterocycles. The Morgan fingerprint density at radius 3 is 2.86 bits per heavy atom. The number of nitrogens with one attached hydrogen (secondary N) is 1. The number of alkyl halides is 1. The fourth-order valence-corrected chi connectivity index (χ4v) is 1.42. The van der Waals surface area contributed by atoms with Gasteiger partial charge in [0, 0.05) is 25.0 Å². The van der Waals surface area contributed by atoms with E-state index in [1.54, 1.807) is 7.05 Å². The number of hydrogen-bond donors (Lipinski definition) is 1. The number of hydrogen-bond acceptors (Lipinski definition) is 3. The standard InChI is InChI=1S/C8H10BrN3O2/c1-12(5-4-9)8(14)6-2-3-7(13)11-10-6/h2-3H,4-5H2,1H3,(H,11,13). The molecule has 1 rings (SSSR count).